The number of carbonyl (C=O) groups excluding carboxylic acids is 2. The number of amides is 2. The highest BCUT2D eigenvalue weighted by Gasteiger charge is 2.32. The highest BCUT2D eigenvalue weighted by atomic mass is 19.1. The van der Waals surface area contributed by atoms with Crippen LogP contribution in [0.2, 0.25) is 0 Å². The number of anilines is 1. The average Bonchev–Trinajstić information content (AvgIpc) is 3.32. The van der Waals surface area contributed by atoms with Gasteiger partial charge >= 0.3 is 6.09 Å². The quantitative estimate of drug-likeness (QED) is 0.677. The molecule has 0 radical (unpaired) electrons. The molecular weight excluding hydrogens is 393 g/mol. The predicted molar refractivity (Wildman–Crippen MR) is 104 cm³/mol. The first-order valence-corrected chi connectivity index (χ1v) is 9.13. The molecule has 30 heavy (non-hydrogen) atoms. The van der Waals surface area contributed by atoms with Crippen molar-refractivity contribution < 1.29 is 18.7 Å². The summed E-state index contributed by atoms with van der Waals surface area (Å²) in [6, 6.07) is 7.93. The molecule has 1 fully saturated rings. The Balaban J connectivity index is 1.52. The lowest BCUT2D eigenvalue weighted by atomic mass is 10.1. The molecule has 1 saturated heterocycles. The van der Waals surface area contributed by atoms with Crippen molar-refractivity contribution in [3.8, 4) is 22.6 Å². The highest BCUT2D eigenvalue weighted by molar-refractivity contribution is 5.90. The molecule has 3 aromatic rings. The van der Waals surface area contributed by atoms with Gasteiger partial charge in [-0.25, -0.2) is 13.9 Å². The first-order chi connectivity index (χ1) is 14.4. The first-order valence-electron chi connectivity index (χ1n) is 9.13. The van der Waals surface area contributed by atoms with Gasteiger partial charge in [-0.2, -0.15) is 0 Å². The van der Waals surface area contributed by atoms with Crippen LogP contribution in [0.4, 0.5) is 14.9 Å². The molecule has 1 aliphatic rings. The third kappa shape index (κ3) is 3.81. The van der Waals surface area contributed by atoms with Crippen LogP contribution in [0.5, 0.6) is 0 Å². The number of benzene rings is 1. The summed E-state index contributed by atoms with van der Waals surface area (Å²) in [7, 11) is 1.70. The molecule has 1 aromatic carbocycles. The number of aryl methyl sites for hydroxylation is 1. The van der Waals surface area contributed by atoms with E-state index < -0.39 is 18.0 Å². The summed E-state index contributed by atoms with van der Waals surface area (Å²) >= 11 is 0. The molecule has 154 valence electrons. The van der Waals surface area contributed by atoms with Crippen molar-refractivity contribution in [2.24, 2.45) is 7.05 Å². The highest BCUT2D eigenvalue weighted by Crippen LogP contribution is 2.29. The molecule has 2 amide bonds. The molecule has 11 heteroatoms. The zero-order valence-corrected chi connectivity index (χ0v) is 16.2. The van der Waals surface area contributed by atoms with Crippen LogP contribution in [0.1, 0.15) is 6.92 Å². The van der Waals surface area contributed by atoms with Crippen LogP contribution in [0, 0.1) is 5.82 Å². The monoisotopic (exact) mass is 411 g/mol. The fraction of sp³-hybridized carbons (Fsp3) is 0.263. The molecule has 0 aliphatic carbocycles. The van der Waals surface area contributed by atoms with Crippen molar-refractivity contribution in [1.29, 1.82) is 0 Å². The lowest BCUT2D eigenvalue weighted by Crippen LogP contribution is -2.33. The van der Waals surface area contributed by atoms with Crippen molar-refractivity contribution in [3.05, 3.63) is 42.3 Å². The molecule has 0 bridgehead atoms. The van der Waals surface area contributed by atoms with Crippen LogP contribution in [-0.4, -0.2) is 56.4 Å². The smallest absolute Gasteiger partial charge is 0.414 e. The van der Waals surface area contributed by atoms with Crippen molar-refractivity contribution in [2.75, 3.05) is 18.0 Å². The maximum absolute atomic E-state index is 14.8. The fourth-order valence-corrected chi connectivity index (χ4v) is 3.13. The van der Waals surface area contributed by atoms with Crippen molar-refractivity contribution >= 4 is 17.7 Å². The number of aromatic nitrogens is 5. The number of rotatable bonds is 5. The molecule has 4 rings (SSSR count). The van der Waals surface area contributed by atoms with Crippen LogP contribution >= 0.6 is 0 Å². The number of ether oxygens (including phenoxy) is 1. The summed E-state index contributed by atoms with van der Waals surface area (Å²) in [5, 5.41) is 13.8. The average molecular weight is 411 g/mol. The summed E-state index contributed by atoms with van der Waals surface area (Å²) in [6.07, 6.45) is 0.465. The molecular formula is C19H18FN7O3. The molecule has 1 atom stereocenters. The number of pyridine rings is 1. The fourth-order valence-electron chi connectivity index (χ4n) is 3.13. The van der Waals surface area contributed by atoms with Gasteiger partial charge < -0.3 is 10.1 Å². The van der Waals surface area contributed by atoms with Crippen LogP contribution in [0.15, 0.2) is 36.5 Å². The lowest BCUT2D eigenvalue weighted by Gasteiger charge is -2.14. The maximum Gasteiger partial charge on any atom is 0.414 e. The van der Waals surface area contributed by atoms with Gasteiger partial charge in [0.25, 0.3) is 0 Å². The third-order valence-electron chi connectivity index (χ3n) is 4.64. The Morgan fingerprint density at radius 3 is 2.80 bits per heavy atom. The Morgan fingerprint density at radius 1 is 1.33 bits per heavy atom. The maximum atomic E-state index is 14.8. The standard InChI is InChI=1S/C19H18FN7O3/c1-11(28)21-9-14-10-27(19(29)30-14)13-4-5-15(16(20)7-13)12-3-6-17(22-8-12)18-23-24-25-26(18)2/h3-8,14H,9-10H2,1-2H3,(H,21,28)/t14-/m0/s1. The van der Waals surface area contributed by atoms with Crippen molar-refractivity contribution in [3.63, 3.8) is 0 Å². The van der Waals surface area contributed by atoms with Gasteiger partial charge in [-0.3, -0.25) is 14.7 Å². The molecule has 3 heterocycles. The Labute approximate surface area is 170 Å². The van der Waals surface area contributed by atoms with Crippen molar-refractivity contribution in [1.82, 2.24) is 30.5 Å². The second kappa shape index (κ2) is 7.85. The normalized spacial score (nSPS) is 15.9. The topological polar surface area (TPSA) is 115 Å². The minimum absolute atomic E-state index is 0.206. The Morgan fingerprint density at radius 2 is 2.17 bits per heavy atom. The second-order valence-electron chi connectivity index (χ2n) is 6.78. The van der Waals surface area contributed by atoms with Gasteiger partial charge in [-0.1, -0.05) is 6.07 Å². The largest absolute Gasteiger partial charge is 0.442 e. The summed E-state index contributed by atoms with van der Waals surface area (Å²) in [4.78, 5) is 28.8. The van der Waals surface area contributed by atoms with Gasteiger partial charge in [0.1, 0.15) is 17.6 Å². The number of hydrogen-bond donors (Lipinski definition) is 1. The summed E-state index contributed by atoms with van der Waals surface area (Å²) in [5.74, 6) is -0.214. The Hall–Kier alpha value is -3.89. The third-order valence-corrected chi connectivity index (χ3v) is 4.64. The SMILES string of the molecule is CC(=O)NC[C@H]1CN(c2ccc(-c3ccc(-c4nnnn4C)nc3)c(F)c2)C(=O)O1. The van der Waals surface area contributed by atoms with E-state index in [1.165, 1.54) is 28.8 Å². The second-order valence-corrected chi connectivity index (χ2v) is 6.78. The predicted octanol–water partition coefficient (Wildman–Crippen LogP) is 1.54. The van der Waals surface area contributed by atoms with Crippen LogP contribution in [0.3, 0.4) is 0 Å². The molecule has 0 saturated carbocycles. The summed E-state index contributed by atoms with van der Waals surface area (Å²) in [5.41, 5.74) is 1.86. The van der Waals surface area contributed by atoms with Gasteiger partial charge in [-0.15, -0.1) is 5.10 Å². The van der Waals surface area contributed by atoms with E-state index in [1.807, 2.05) is 0 Å². The lowest BCUT2D eigenvalue weighted by molar-refractivity contribution is -0.119. The van der Waals surface area contributed by atoms with Crippen LogP contribution < -0.4 is 10.2 Å². The van der Waals surface area contributed by atoms with E-state index in [0.29, 0.717) is 28.3 Å². The van der Waals surface area contributed by atoms with E-state index in [1.54, 1.807) is 31.3 Å². The number of cyclic esters (lactones) is 1. The van der Waals surface area contributed by atoms with E-state index in [2.05, 4.69) is 25.8 Å². The van der Waals surface area contributed by atoms with Gasteiger partial charge in [0.05, 0.1) is 18.8 Å². The Bertz CT molecular complexity index is 1100. The number of tetrazole rings is 1. The summed E-state index contributed by atoms with van der Waals surface area (Å²) in [6.45, 7) is 1.81. The minimum atomic E-state index is -0.583. The summed E-state index contributed by atoms with van der Waals surface area (Å²) < 4.78 is 21.5. The minimum Gasteiger partial charge on any atom is -0.442 e. The molecule has 1 N–H and O–H groups in total. The molecule has 0 unspecified atom stereocenters. The van der Waals surface area contributed by atoms with Crippen LogP contribution in [-0.2, 0) is 16.6 Å². The van der Waals surface area contributed by atoms with E-state index in [-0.39, 0.29) is 19.0 Å². The molecule has 2 aromatic heterocycles. The Kier molecular flexibility index (Phi) is 5.09. The molecule has 1 aliphatic heterocycles. The first kappa shape index (κ1) is 19.4. The molecule has 0 spiro atoms. The van der Waals surface area contributed by atoms with Gasteiger partial charge in [0.2, 0.25) is 5.91 Å². The van der Waals surface area contributed by atoms with E-state index in [0.717, 1.165) is 0 Å². The van der Waals surface area contributed by atoms with Gasteiger partial charge in [0, 0.05) is 31.3 Å². The number of carbonyl (C=O) groups is 2. The van der Waals surface area contributed by atoms with Crippen LogP contribution in [0.25, 0.3) is 22.6 Å². The van der Waals surface area contributed by atoms with Gasteiger partial charge in [-0.05, 0) is 34.7 Å². The number of nitrogens with one attached hydrogen (secondary N) is 1. The zero-order valence-electron chi connectivity index (χ0n) is 16.2. The number of halogens is 1. The molecule has 10 nitrogen and oxygen atoms in total. The zero-order chi connectivity index (χ0) is 21.3. The van der Waals surface area contributed by atoms with Gasteiger partial charge in [0.15, 0.2) is 5.82 Å². The van der Waals surface area contributed by atoms with E-state index >= 15 is 0 Å². The van der Waals surface area contributed by atoms with E-state index in [4.69, 9.17) is 4.74 Å². The van der Waals surface area contributed by atoms with E-state index in [9.17, 15) is 14.0 Å². The number of nitrogens with zero attached hydrogens (tertiary/aromatic N) is 6. The number of hydrogen-bond acceptors (Lipinski definition) is 7. The van der Waals surface area contributed by atoms with Crippen molar-refractivity contribution in [2.45, 2.75) is 13.0 Å².